The van der Waals surface area contributed by atoms with Gasteiger partial charge in [-0.05, 0) is 30.3 Å². The Labute approximate surface area is 194 Å². The first-order valence-electron chi connectivity index (χ1n) is 9.48. The van der Waals surface area contributed by atoms with E-state index in [9.17, 15) is 27.2 Å². The Hall–Kier alpha value is -3.83. The van der Waals surface area contributed by atoms with Crippen molar-refractivity contribution < 1.29 is 37.6 Å². The second kappa shape index (κ2) is 9.57. The summed E-state index contributed by atoms with van der Waals surface area (Å²) in [6, 6.07) is 7.15. The summed E-state index contributed by atoms with van der Waals surface area (Å²) in [6.07, 6.45) is -3.56. The van der Waals surface area contributed by atoms with Crippen LogP contribution in [-0.2, 0) is 6.18 Å². The van der Waals surface area contributed by atoms with Gasteiger partial charge < -0.3 is 10.4 Å². The number of carboxylic acid groups (broad SMARTS) is 1. The van der Waals surface area contributed by atoms with Crippen molar-refractivity contribution in [2.75, 3.05) is 12.4 Å². The van der Waals surface area contributed by atoms with Gasteiger partial charge in [-0.3, -0.25) is 5.41 Å². The smallest absolute Gasteiger partial charge is 0.417 e. The Kier molecular flexibility index (Phi) is 6.99. The number of anilines is 1. The number of pyridine rings is 1. The van der Waals surface area contributed by atoms with E-state index in [4.69, 9.17) is 22.1 Å². The zero-order valence-electron chi connectivity index (χ0n) is 17.3. The van der Waals surface area contributed by atoms with Gasteiger partial charge in [-0.1, -0.05) is 17.7 Å². The molecule has 0 aliphatic carbocycles. The molecule has 3 aromatic rings. The van der Waals surface area contributed by atoms with Crippen LogP contribution in [0.2, 0.25) is 5.02 Å². The zero-order valence-corrected chi connectivity index (χ0v) is 18.1. The molecule has 12 heteroatoms. The molecule has 176 valence electrons. The van der Waals surface area contributed by atoms with Gasteiger partial charge >= 0.3 is 18.1 Å². The number of amides is 1. The first-order valence-corrected chi connectivity index (χ1v) is 9.86. The number of hydrogen-bond donors (Lipinski definition) is 4. The minimum atomic E-state index is -4.85. The van der Waals surface area contributed by atoms with Crippen molar-refractivity contribution in [1.29, 1.82) is 5.41 Å². The van der Waals surface area contributed by atoms with Crippen molar-refractivity contribution in [1.82, 2.24) is 4.98 Å². The van der Waals surface area contributed by atoms with Crippen molar-refractivity contribution >= 4 is 40.6 Å². The Morgan fingerprint density at radius 2 is 1.88 bits per heavy atom. The molecule has 7 nitrogen and oxygen atoms in total. The molecule has 0 radical (unpaired) electrons. The van der Waals surface area contributed by atoms with Crippen LogP contribution in [0.4, 0.5) is 28.9 Å². The Bertz CT molecular complexity index is 1310. The molecule has 0 spiro atoms. The molecule has 34 heavy (non-hydrogen) atoms. The van der Waals surface area contributed by atoms with Crippen LogP contribution in [-0.4, -0.2) is 34.7 Å². The molecule has 1 aromatic heterocycles. The number of halogens is 5. The highest BCUT2D eigenvalue weighted by molar-refractivity contribution is 6.33. The number of hydrogen-bond acceptors (Lipinski definition) is 5. The van der Waals surface area contributed by atoms with E-state index in [1.807, 2.05) is 0 Å². The van der Waals surface area contributed by atoms with E-state index in [0.29, 0.717) is 5.69 Å². The molecule has 5 N–H and O–H groups in total. The number of carbonyl (C=O) groups excluding carboxylic acids is 1. The molecule has 0 aliphatic rings. The van der Waals surface area contributed by atoms with Crippen molar-refractivity contribution in [3.8, 4) is 0 Å². The summed E-state index contributed by atoms with van der Waals surface area (Å²) in [5.41, 5.74) is -3.09. The third kappa shape index (κ3) is 5.05. The fourth-order valence-electron chi connectivity index (χ4n) is 3.14. The van der Waals surface area contributed by atoms with Crippen molar-refractivity contribution in [2.24, 2.45) is 0 Å². The van der Waals surface area contributed by atoms with Gasteiger partial charge in [0.15, 0.2) is 5.69 Å². The number of carboxylic acids is 1. The minimum absolute atomic E-state index is 0.0726. The van der Waals surface area contributed by atoms with Crippen LogP contribution in [0.25, 0.3) is 0 Å². The minimum Gasteiger partial charge on any atom is -0.478 e. The van der Waals surface area contributed by atoms with Crippen molar-refractivity contribution in [3.63, 3.8) is 0 Å². The molecule has 1 amide bonds. The van der Waals surface area contributed by atoms with E-state index in [1.54, 1.807) is 0 Å². The maximum atomic E-state index is 14.5. The van der Waals surface area contributed by atoms with Gasteiger partial charge in [0.1, 0.15) is 17.1 Å². The monoisotopic (exact) mass is 495 g/mol. The second-order valence-corrected chi connectivity index (χ2v) is 7.36. The summed E-state index contributed by atoms with van der Waals surface area (Å²) in [6.45, 7) is 0. The van der Waals surface area contributed by atoms with Gasteiger partial charge in [0.25, 0.3) is 0 Å². The molecule has 0 bridgehead atoms. The van der Waals surface area contributed by atoms with Crippen LogP contribution in [0.5, 0.6) is 0 Å². The lowest BCUT2D eigenvalue weighted by molar-refractivity contribution is -0.464. The Balaban J connectivity index is 2.07. The number of nitrogens with two attached hydrogens (primary N) is 1. The summed E-state index contributed by atoms with van der Waals surface area (Å²) >= 11 is 5.91. The maximum absolute atomic E-state index is 14.5. The largest absolute Gasteiger partial charge is 0.478 e. The molecular formula is C22H16ClF4N4O3+. The normalized spacial score (nSPS) is 11.2. The summed E-state index contributed by atoms with van der Waals surface area (Å²) in [5.74, 6) is -3.48. The van der Waals surface area contributed by atoms with E-state index in [0.717, 1.165) is 41.7 Å². The second-order valence-electron chi connectivity index (χ2n) is 6.96. The van der Waals surface area contributed by atoms with Gasteiger partial charge in [-0.15, -0.1) is 0 Å². The highest BCUT2D eigenvalue weighted by atomic mass is 35.5. The van der Waals surface area contributed by atoms with Crippen LogP contribution in [0, 0.1) is 11.2 Å². The van der Waals surface area contributed by atoms with E-state index in [1.165, 1.54) is 19.3 Å². The molecule has 1 heterocycles. The topological polar surface area (TPSA) is 120 Å². The van der Waals surface area contributed by atoms with E-state index < -0.39 is 45.7 Å². The van der Waals surface area contributed by atoms with E-state index >= 15 is 0 Å². The van der Waals surface area contributed by atoms with Crippen molar-refractivity contribution in [2.45, 2.75) is 6.18 Å². The van der Waals surface area contributed by atoms with Gasteiger partial charge in [-0.25, -0.2) is 24.3 Å². The van der Waals surface area contributed by atoms with Crippen LogP contribution in [0.1, 0.15) is 37.5 Å². The number of nitrogens with one attached hydrogen (secondary N) is 2. The SMILES string of the molecule is CNc1cnc(C(=N)c2ccc(C(=O)O)cc2F)c([NH2+]C(=O)c2c(Cl)cccc2C(F)(F)F)c1. The molecule has 0 atom stereocenters. The fourth-order valence-corrected chi connectivity index (χ4v) is 3.41. The molecule has 0 fully saturated rings. The fraction of sp³-hybridized carbons (Fsp3) is 0.0909. The van der Waals surface area contributed by atoms with Crippen LogP contribution >= 0.6 is 11.6 Å². The standard InChI is InChI=1S/C22H15ClF4N4O3/c1-29-11-8-16(31-20(32)17-13(22(25,26)27)3-2-4-14(17)23)19(30-9-11)18(28)12-6-5-10(21(33)34)7-15(12)24/h2-9,28-29H,1H3,(H,31,32)(H,33,34)/p+1. The van der Waals surface area contributed by atoms with Crippen LogP contribution < -0.4 is 10.6 Å². The molecule has 0 saturated carbocycles. The molecule has 0 aliphatic heterocycles. The third-order valence-corrected chi connectivity index (χ3v) is 5.10. The summed E-state index contributed by atoms with van der Waals surface area (Å²) in [7, 11) is 1.54. The summed E-state index contributed by atoms with van der Waals surface area (Å²) in [5, 5.41) is 20.5. The number of benzene rings is 2. The van der Waals surface area contributed by atoms with Gasteiger partial charge in [-0.2, -0.15) is 13.2 Å². The number of primary amides is 1. The molecule has 2 aromatic carbocycles. The molecule has 0 saturated heterocycles. The highest BCUT2D eigenvalue weighted by Crippen LogP contribution is 2.34. The number of carbonyl (C=O) groups is 2. The number of alkyl halides is 3. The lowest BCUT2D eigenvalue weighted by Gasteiger charge is -2.13. The van der Waals surface area contributed by atoms with Gasteiger partial charge in [0.2, 0.25) is 0 Å². The Morgan fingerprint density at radius 3 is 2.47 bits per heavy atom. The average molecular weight is 496 g/mol. The molecule has 3 rings (SSSR count). The first-order chi connectivity index (χ1) is 15.9. The van der Waals surface area contributed by atoms with E-state index in [-0.39, 0.29) is 22.5 Å². The molecule has 0 unspecified atom stereocenters. The van der Waals surface area contributed by atoms with Crippen LogP contribution in [0.3, 0.4) is 0 Å². The number of nitrogens with zero attached hydrogens (tertiary/aromatic N) is 1. The lowest BCUT2D eigenvalue weighted by atomic mass is 10.0. The van der Waals surface area contributed by atoms with Gasteiger partial charge in [0.05, 0.1) is 33.7 Å². The third-order valence-electron chi connectivity index (χ3n) is 4.78. The Morgan fingerprint density at radius 1 is 1.18 bits per heavy atom. The number of quaternary nitrogens is 1. The summed E-state index contributed by atoms with van der Waals surface area (Å²) in [4.78, 5) is 28.0. The number of rotatable bonds is 6. The summed E-state index contributed by atoms with van der Waals surface area (Å²) < 4.78 is 54.9. The molecular weight excluding hydrogens is 480 g/mol. The maximum Gasteiger partial charge on any atom is 0.417 e. The lowest BCUT2D eigenvalue weighted by Crippen LogP contribution is -2.83. The predicted octanol–water partition coefficient (Wildman–Crippen LogP) is 4.08. The zero-order chi connectivity index (χ0) is 25.2. The quantitative estimate of drug-likeness (QED) is 0.303. The van der Waals surface area contributed by atoms with Crippen molar-refractivity contribution in [3.05, 3.63) is 87.4 Å². The highest BCUT2D eigenvalue weighted by Gasteiger charge is 2.38. The number of aromatic nitrogens is 1. The van der Waals surface area contributed by atoms with Crippen LogP contribution in [0.15, 0.2) is 48.7 Å². The predicted molar refractivity (Wildman–Crippen MR) is 115 cm³/mol. The van der Waals surface area contributed by atoms with E-state index in [2.05, 4.69) is 10.3 Å². The first kappa shape index (κ1) is 24.8. The van der Waals surface area contributed by atoms with Gasteiger partial charge in [0, 0.05) is 18.7 Å². The number of aromatic carboxylic acids is 1. The average Bonchev–Trinajstić information content (AvgIpc) is 2.77.